The van der Waals surface area contributed by atoms with Crippen LogP contribution < -0.4 is 4.74 Å². The highest BCUT2D eigenvalue weighted by Crippen LogP contribution is 2.40. The maximum absolute atomic E-state index is 13.2. The Labute approximate surface area is 144 Å². The van der Waals surface area contributed by atoms with E-state index in [0.717, 1.165) is 12.1 Å². The first kappa shape index (κ1) is 16.5. The Morgan fingerprint density at radius 3 is 2.58 bits per heavy atom. The number of benzene rings is 2. The first-order chi connectivity index (χ1) is 11.4. The summed E-state index contributed by atoms with van der Waals surface area (Å²) in [6.07, 6.45) is 0. The number of rotatable bonds is 4. The summed E-state index contributed by atoms with van der Waals surface area (Å²) in [4.78, 5) is 13.7. The molecule has 0 unspecified atom stereocenters. The Morgan fingerprint density at radius 1 is 1.17 bits per heavy atom. The SMILES string of the molecule is O=C(O)c1cc2c(Cl)c(OCc3ccc(F)c(F)c3)c(Cl)cc2[nH]1. The van der Waals surface area contributed by atoms with Gasteiger partial charge in [-0.3, -0.25) is 0 Å². The highest BCUT2D eigenvalue weighted by atomic mass is 35.5. The van der Waals surface area contributed by atoms with Crippen LogP contribution in [0.4, 0.5) is 8.78 Å². The zero-order valence-corrected chi connectivity index (χ0v) is 13.4. The van der Waals surface area contributed by atoms with Gasteiger partial charge in [-0.15, -0.1) is 0 Å². The largest absolute Gasteiger partial charge is 0.486 e. The molecule has 0 fully saturated rings. The van der Waals surface area contributed by atoms with Crippen molar-refractivity contribution in [1.82, 2.24) is 4.98 Å². The summed E-state index contributed by atoms with van der Waals surface area (Å²) in [5, 5.41) is 9.73. The van der Waals surface area contributed by atoms with E-state index in [-0.39, 0.29) is 28.1 Å². The van der Waals surface area contributed by atoms with Crippen molar-refractivity contribution in [3.63, 3.8) is 0 Å². The fraction of sp³-hybridized carbons (Fsp3) is 0.0625. The standard InChI is InChI=1S/C16H9Cl2F2NO3/c17-9-5-12-8(4-13(21-12)16(22)23)14(18)15(9)24-6-7-1-2-10(19)11(20)3-7/h1-5,21H,6H2,(H,22,23). The predicted octanol–water partition coefficient (Wildman–Crippen LogP) is 5.03. The minimum absolute atomic E-state index is 0.0410. The topological polar surface area (TPSA) is 62.3 Å². The molecule has 0 amide bonds. The molecule has 3 aromatic rings. The number of aromatic nitrogens is 1. The van der Waals surface area contributed by atoms with E-state index < -0.39 is 17.6 Å². The van der Waals surface area contributed by atoms with Crippen LogP contribution in [0.15, 0.2) is 30.3 Å². The van der Waals surface area contributed by atoms with Crippen molar-refractivity contribution in [1.29, 1.82) is 0 Å². The normalized spacial score (nSPS) is 11.0. The first-order valence-corrected chi connectivity index (χ1v) is 7.43. The molecular weight excluding hydrogens is 363 g/mol. The van der Waals surface area contributed by atoms with Crippen molar-refractivity contribution in [2.75, 3.05) is 0 Å². The van der Waals surface area contributed by atoms with Gasteiger partial charge in [-0.05, 0) is 29.8 Å². The maximum Gasteiger partial charge on any atom is 0.352 e. The van der Waals surface area contributed by atoms with Gasteiger partial charge in [0.2, 0.25) is 0 Å². The summed E-state index contributed by atoms with van der Waals surface area (Å²) in [5.41, 5.74) is 0.796. The van der Waals surface area contributed by atoms with Crippen LogP contribution in [0.1, 0.15) is 16.1 Å². The van der Waals surface area contributed by atoms with Crippen LogP contribution in [-0.4, -0.2) is 16.1 Å². The average Bonchev–Trinajstić information content (AvgIpc) is 2.95. The van der Waals surface area contributed by atoms with Gasteiger partial charge in [-0.1, -0.05) is 29.3 Å². The molecule has 0 spiro atoms. The second kappa shape index (κ2) is 6.30. The number of nitrogens with one attached hydrogen (secondary N) is 1. The zero-order chi connectivity index (χ0) is 17.4. The Hall–Kier alpha value is -2.31. The molecule has 0 bridgehead atoms. The molecule has 0 radical (unpaired) electrons. The Bertz CT molecular complexity index is 956. The minimum Gasteiger partial charge on any atom is -0.486 e. The number of fused-ring (bicyclic) bond motifs is 1. The van der Waals surface area contributed by atoms with Crippen LogP contribution in [0.5, 0.6) is 5.75 Å². The predicted molar refractivity (Wildman–Crippen MR) is 86.0 cm³/mol. The van der Waals surface area contributed by atoms with Crippen LogP contribution in [0.3, 0.4) is 0 Å². The molecule has 24 heavy (non-hydrogen) atoms. The molecule has 0 saturated heterocycles. The van der Waals surface area contributed by atoms with E-state index in [9.17, 15) is 13.6 Å². The molecule has 1 heterocycles. The lowest BCUT2D eigenvalue weighted by molar-refractivity contribution is 0.0691. The molecule has 1 aromatic heterocycles. The molecule has 2 N–H and O–H groups in total. The van der Waals surface area contributed by atoms with E-state index in [1.807, 2.05) is 0 Å². The number of carboxylic acids is 1. The van der Waals surface area contributed by atoms with Gasteiger partial charge < -0.3 is 14.8 Å². The summed E-state index contributed by atoms with van der Waals surface area (Å²) >= 11 is 12.3. The summed E-state index contributed by atoms with van der Waals surface area (Å²) in [6.45, 7) is -0.0850. The van der Waals surface area contributed by atoms with Gasteiger partial charge in [0.25, 0.3) is 0 Å². The lowest BCUT2D eigenvalue weighted by atomic mass is 10.2. The third-order valence-electron chi connectivity index (χ3n) is 3.37. The number of halogens is 4. The fourth-order valence-electron chi connectivity index (χ4n) is 2.22. The second-order valence-corrected chi connectivity index (χ2v) is 5.77. The van der Waals surface area contributed by atoms with E-state index in [4.69, 9.17) is 33.0 Å². The maximum atomic E-state index is 13.2. The van der Waals surface area contributed by atoms with E-state index in [2.05, 4.69) is 4.98 Å². The lowest BCUT2D eigenvalue weighted by Gasteiger charge is -2.11. The number of hydrogen-bond acceptors (Lipinski definition) is 2. The van der Waals surface area contributed by atoms with E-state index in [1.165, 1.54) is 18.2 Å². The zero-order valence-electron chi connectivity index (χ0n) is 11.9. The monoisotopic (exact) mass is 371 g/mol. The van der Waals surface area contributed by atoms with Gasteiger partial charge in [0, 0.05) is 10.9 Å². The number of aromatic carboxylic acids is 1. The van der Waals surface area contributed by atoms with Crippen LogP contribution in [-0.2, 0) is 6.61 Å². The molecule has 2 aromatic carbocycles. The molecule has 8 heteroatoms. The van der Waals surface area contributed by atoms with Crippen LogP contribution >= 0.6 is 23.2 Å². The van der Waals surface area contributed by atoms with Crippen molar-refractivity contribution in [2.24, 2.45) is 0 Å². The van der Waals surface area contributed by atoms with Crippen molar-refractivity contribution >= 4 is 40.1 Å². The number of carbonyl (C=O) groups is 1. The Morgan fingerprint density at radius 2 is 1.92 bits per heavy atom. The van der Waals surface area contributed by atoms with E-state index in [1.54, 1.807) is 0 Å². The summed E-state index contributed by atoms with van der Waals surface area (Å²) in [6, 6.07) is 6.22. The highest BCUT2D eigenvalue weighted by molar-refractivity contribution is 6.41. The van der Waals surface area contributed by atoms with Crippen molar-refractivity contribution < 1.29 is 23.4 Å². The Balaban J connectivity index is 1.93. The Kier molecular flexibility index (Phi) is 4.34. The van der Waals surface area contributed by atoms with Crippen LogP contribution in [0.25, 0.3) is 10.9 Å². The number of aromatic amines is 1. The van der Waals surface area contributed by atoms with Gasteiger partial charge >= 0.3 is 5.97 Å². The molecule has 0 aliphatic heterocycles. The van der Waals surface area contributed by atoms with Gasteiger partial charge in [0.1, 0.15) is 12.3 Å². The molecule has 124 valence electrons. The smallest absolute Gasteiger partial charge is 0.352 e. The number of carboxylic acid groups (broad SMARTS) is 1. The molecule has 4 nitrogen and oxygen atoms in total. The second-order valence-electron chi connectivity index (χ2n) is 4.99. The third-order valence-corrected chi connectivity index (χ3v) is 4.03. The number of hydrogen-bond donors (Lipinski definition) is 2. The molecule has 0 saturated carbocycles. The molecule has 3 rings (SSSR count). The van der Waals surface area contributed by atoms with Gasteiger partial charge in [0.05, 0.1) is 10.0 Å². The molecular formula is C16H9Cl2F2NO3. The highest BCUT2D eigenvalue weighted by Gasteiger charge is 2.17. The quantitative estimate of drug-likeness (QED) is 0.675. The lowest BCUT2D eigenvalue weighted by Crippen LogP contribution is -1.98. The molecule has 0 aliphatic carbocycles. The third kappa shape index (κ3) is 3.02. The molecule has 0 atom stereocenters. The van der Waals surface area contributed by atoms with E-state index in [0.29, 0.717) is 16.5 Å². The van der Waals surface area contributed by atoms with Crippen molar-refractivity contribution in [2.45, 2.75) is 6.61 Å². The minimum atomic E-state index is -1.14. The van der Waals surface area contributed by atoms with Crippen LogP contribution in [0, 0.1) is 11.6 Å². The van der Waals surface area contributed by atoms with Gasteiger partial charge in [0.15, 0.2) is 17.4 Å². The summed E-state index contributed by atoms with van der Waals surface area (Å²) in [7, 11) is 0. The number of ether oxygens (including phenoxy) is 1. The number of H-pyrrole nitrogens is 1. The van der Waals surface area contributed by atoms with Crippen molar-refractivity contribution in [3.8, 4) is 5.75 Å². The summed E-state index contributed by atoms with van der Waals surface area (Å²) < 4.78 is 31.6. The van der Waals surface area contributed by atoms with Gasteiger partial charge in [-0.25, -0.2) is 13.6 Å². The molecule has 0 aliphatic rings. The van der Waals surface area contributed by atoms with E-state index >= 15 is 0 Å². The fourth-order valence-corrected chi connectivity index (χ4v) is 2.84. The van der Waals surface area contributed by atoms with Crippen molar-refractivity contribution in [3.05, 3.63) is 63.3 Å². The first-order valence-electron chi connectivity index (χ1n) is 6.67. The van der Waals surface area contributed by atoms with Crippen LogP contribution in [0.2, 0.25) is 10.0 Å². The van der Waals surface area contributed by atoms with Gasteiger partial charge in [-0.2, -0.15) is 0 Å². The average molecular weight is 372 g/mol. The summed E-state index contributed by atoms with van der Waals surface area (Å²) in [5.74, 6) is -2.95.